The van der Waals surface area contributed by atoms with E-state index in [1.165, 1.54) is 24.3 Å². The molecule has 0 aromatic heterocycles. The molecule has 0 N–H and O–H groups in total. The molecule has 0 heterocycles. The minimum absolute atomic E-state index is 0.584. The van der Waals surface area contributed by atoms with Gasteiger partial charge in [-0.3, -0.25) is 0 Å². The minimum atomic E-state index is -4.43. The number of anilines is 6. The average Bonchev–Trinajstić information content (AvgIpc) is 3.06. The first-order chi connectivity index (χ1) is 22.1. The lowest BCUT2D eigenvalue weighted by Gasteiger charge is -2.26. The maximum absolute atomic E-state index is 13.2. The molecule has 0 fully saturated rings. The van der Waals surface area contributed by atoms with Crippen LogP contribution in [0.2, 0.25) is 0 Å². The minimum Gasteiger partial charge on any atom is -0.311 e. The molecule has 0 bridgehead atoms. The maximum Gasteiger partial charge on any atom is 0.416 e. The van der Waals surface area contributed by atoms with Crippen LogP contribution in [0.25, 0.3) is 11.1 Å². The predicted molar refractivity (Wildman–Crippen MR) is 171 cm³/mol. The van der Waals surface area contributed by atoms with Crippen LogP contribution in [0.3, 0.4) is 0 Å². The van der Waals surface area contributed by atoms with Gasteiger partial charge < -0.3 is 9.80 Å². The van der Waals surface area contributed by atoms with Gasteiger partial charge >= 0.3 is 12.4 Å². The molecular weight excluding hydrogens is 598 g/mol. The second kappa shape index (κ2) is 12.5. The van der Waals surface area contributed by atoms with Crippen molar-refractivity contribution in [2.45, 2.75) is 12.4 Å². The number of rotatable bonds is 7. The van der Waals surface area contributed by atoms with Crippen LogP contribution in [0.1, 0.15) is 11.1 Å². The van der Waals surface area contributed by atoms with Gasteiger partial charge in [0.1, 0.15) is 0 Å². The van der Waals surface area contributed by atoms with E-state index in [0.717, 1.165) is 58.1 Å². The number of halogens is 6. The van der Waals surface area contributed by atoms with E-state index in [4.69, 9.17) is 0 Å². The van der Waals surface area contributed by atoms with Crippen molar-refractivity contribution in [1.82, 2.24) is 0 Å². The molecule has 8 heteroatoms. The van der Waals surface area contributed by atoms with Crippen molar-refractivity contribution in [3.8, 4) is 11.1 Å². The largest absolute Gasteiger partial charge is 0.416 e. The van der Waals surface area contributed by atoms with E-state index in [-0.39, 0.29) is 0 Å². The topological polar surface area (TPSA) is 6.48 Å². The molecule has 0 atom stereocenters. The molecule has 0 radical (unpaired) electrons. The van der Waals surface area contributed by atoms with E-state index in [1.807, 2.05) is 119 Å². The number of benzene rings is 6. The summed E-state index contributed by atoms with van der Waals surface area (Å²) in [5.74, 6) is 0. The summed E-state index contributed by atoms with van der Waals surface area (Å²) < 4.78 is 79.3. The summed E-state index contributed by atoms with van der Waals surface area (Å²) in [5.41, 5.74) is 4.69. The smallest absolute Gasteiger partial charge is 0.311 e. The molecule has 0 saturated heterocycles. The van der Waals surface area contributed by atoms with Crippen LogP contribution >= 0.6 is 0 Å². The summed E-state index contributed by atoms with van der Waals surface area (Å²) in [6, 6.07) is 44.3. The van der Waals surface area contributed by atoms with Gasteiger partial charge in [-0.1, -0.05) is 60.7 Å². The number of para-hydroxylation sites is 2. The highest BCUT2D eigenvalue weighted by molar-refractivity contribution is 5.80. The van der Waals surface area contributed by atoms with Gasteiger partial charge in [0.05, 0.1) is 11.1 Å². The number of hydrogen-bond acceptors (Lipinski definition) is 2. The molecule has 6 aromatic rings. The van der Waals surface area contributed by atoms with Gasteiger partial charge in [-0.25, -0.2) is 0 Å². The Labute approximate surface area is 262 Å². The standard InChI is InChI=1S/C38H26F6N2/c39-37(40,41)29-15-23-35(24-16-29)45(31-7-3-1-4-8-31)33-19-11-27(12-20-33)28-13-21-34(22-14-28)46(32-9-5-2-6-10-32)36-25-17-30(18-26-36)38(42,43)44/h1-26H. The second-order valence-electron chi connectivity index (χ2n) is 10.5. The molecule has 0 saturated carbocycles. The first kappa shape index (κ1) is 30.5. The van der Waals surface area contributed by atoms with Crippen molar-refractivity contribution >= 4 is 34.1 Å². The molecule has 6 rings (SSSR count). The normalized spacial score (nSPS) is 11.7. The molecule has 0 unspecified atom stereocenters. The van der Waals surface area contributed by atoms with Gasteiger partial charge in [0.25, 0.3) is 0 Å². The van der Waals surface area contributed by atoms with Crippen LogP contribution in [-0.2, 0) is 12.4 Å². The third kappa shape index (κ3) is 6.61. The molecule has 230 valence electrons. The highest BCUT2D eigenvalue weighted by Crippen LogP contribution is 2.40. The monoisotopic (exact) mass is 624 g/mol. The lowest BCUT2D eigenvalue weighted by molar-refractivity contribution is -0.138. The quantitative estimate of drug-likeness (QED) is 0.163. The Morgan fingerprint density at radius 1 is 0.283 bits per heavy atom. The van der Waals surface area contributed by atoms with Crippen molar-refractivity contribution in [2.75, 3.05) is 9.80 Å². The molecule has 0 spiro atoms. The average molecular weight is 625 g/mol. The molecule has 46 heavy (non-hydrogen) atoms. The van der Waals surface area contributed by atoms with E-state index in [1.54, 1.807) is 0 Å². The van der Waals surface area contributed by atoms with Crippen molar-refractivity contribution < 1.29 is 26.3 Å². The van der Waals surface area contributed by atoms with E-state index in [2.05, 4.69) is 0 Å². The zero-order chi connectivity index (χ0) is 32.3. The van der Waals surface area contributed by atoms with Crippen molar-refractivity contribution in [3.63, 3.8) is 0 Å². The Balaban J connectivity index is 1.30. The Morgan fingerprint density at radius 2 is 0.522 bits per heavy atom. The SMILES string of the molecule is FC(F)(F)c1ccc(N(c2ccccc2)c2ccc(-c3ccc(N(c4ccccc4)c4ccc(C(F)(F)F)cc4)cc3)cc2)cc1. The first-order valence-electron chi connectivity index (χ1n) is 14.3. The van der Waals surface area contributed by atoms with Crippen LogP contribution in [0, 0.1) is 0 Å². The van der Waals surface area contributed by atoms with E-state index in [9.17, 15) is 26.3 Å². The van der Waals surface area contributed by atoms with Gasteiger partial charge in [-0.05, 0) is 108 Å². The van der Waals surface area contributed by atoms with Crippen LogP contribution in [0.15, 0.2) is 158 Å². The summed E-state index contributed by atoms with van der Waals surface area (Å²) in [4.78, 5) is 3.77. The summed E-state index contributed by atoms with van der Waals surface area (Å²) in [5, 5.41) is 0. The molecule has 0 aliphatic rings. The zero-order valence-electron chi connectivity index (χ0n) is 24.2. The van der Waals surface area contributed by atoms with Gasteiger partial charge in [-0.2, -0.15) is 26.3 Å². The van der Waals surface area contributed by atoms with Gasteiger partial charge in [0, 0.05) is 34.1 Å². The Hall–Kier alpha value is -5.50. The number of hydrogen-bond donors (Lipinski definition) is 0. The highest BCUT2D eigenvalue weighted by atomic mass is 19.4. The molecule has 6 aromatic carbocycles. The fourth-order valence-electron chi connectivity index (χ4n) is 5.25. The molecule has 2 nitrogen and oxygen atoms in total. The Kier molecular flexibility index (Phi) is 8.28. The summed E-state index contributed by atoms with van der Waals surface area (Å²) in [6.45, 7) is 0. The van der Waals surface area contributed by atoms with Crippen molar-refractivity contribution in [2.24, 2.45) is 0 Å². The van der Waals surface area contributed by atoms with E-state index in [0.29, 0.717) is 11.4 Å². The fourth-order valence-corrected chi connectivity index (χ4v) is 5.25. The van der Waals surface area contributed by atoms with Crippen LogP contribution < -0.4 is 9.80 Å². The van der Waals surface area contributed by atoms with E-state index >= 15 is 0 Å². The van der Waals surface area contributed by atoms with Crippen LogP contribution in [0.5, 0.6) is 0 Å². The number of nitrogens with zero attached hydrogens (tertiary/aromatic N) is 2. The van der Waals surface area contributed by atoms with Gasteiger partial charge in [-0.15, -0.1) is 0 Å². The second-order valence-corrected chi connectivity index (χ2v) is 10.5. The molecule has 0 aliphatic carbocycles. The van der Waals surface area contributed by atoms with E-state index < -0.39 is 23.5 Å². The zero-order valence-corrected chi connectivity index (χ0v) is 24.2. The van der Waals surface area contributed by atoms with Crippen LogP contribution in [0.4, 0.5) is 60.5 Å². The maximum atomic E-state index is 13.2. The Morgan fingerprint density at radius 3 is 0.783 bits per heavy atom. The summed E-state index contributed by atoms with van der Waals surface area (Å²) >= 11 is 0. The third-order valence-electron chi connectivity index (χ3n) is 7.52. The third-order valence-corrected chi connectivity index (χ3v) is 7.52. The Bertz CT molecular complexity index is 1720. The van der Waals surface area contributed by atoms with Crippen LogP contribution in [-0.4, -0.2) is 0 Å². The highest BCUT2D eigenvalue weighted by Gasteiger charge is 2.31. The first-order valence-corrected chi connectivity index (χ1v) is 14.3. The lowest BCUT2D eigenvalue weighted by Crippen LogP contribution is -2.11. The van der Waals surface area contributed by atoms with Gasteiger partial charge in [0.2, 0.25) is 0 Å². The molecule has 0 aliphatic heterocycles. The summed E-state index contributed by atoms with van der Waals surface area (Å²) in [7, 11) is 0. The van der Waals surface area contributed by atoms with Crippen molar-refractivity contribution in [1.29, 1.82) is 0 Å². The molecule has 0 amide bonds. The van der Waals surface area contributed by atoms with Gasteiger partial charge in [0.15, 0.2) is 0 Å². The lowest BCUT2D eigenvalue weighted by atomic mass is 10.0. The fraction of sp³-hybridized carbons (Fsp3) is 0.0526. The summed E-state index contributed by atoms with van der Waals surface area (Å²) in [6.07, 6.45) is -8.85. The molecular formula is C38H26F6N2. The predicted octanol–water partition coefficient (Wildman–Crippen LogP) is 12.3. The number of alkyl halides is 6. The van der Waals surface area contributed by atoms with Crippen molar-refractivity contribution in [3.05, 3.63) is 169 Å².